The molecular weight excluding hydrogens is 374 g/mol. The van der Waals surface area contributed by atoms with Crippen LogP contribution in [-0.4, -0.2) is 42.7 Å². The number of nitrogens with one attached hydrogen (secondary N) is 2. The maximum Gasteiger partial charge on any atom is 0.268 e. The van der Waals surface area contributed by atoms with Crippen LogP contribution >= 0.6 is 0 Å². The van der Waals surface area contributed by atoms with Gasteiger partial charge < -0.3 is 10.3 Å². The molecule has 3 rings (SSSR count). The summed E-state index contributed by atoms with van der Waals surface area (Å²) in [4.78, 5) is 16.3. The van der Waals surface area contributed by atoms with Crippen molar-refractivity contribution in [3.8, 4) is 0 Å². The molecule has 1 amide bonds. The Morgan fingerprint density at radius 2 is 1.46 bits per heavy atom. The Balaban J connectivity index is 1.79. The molecule has 2 heterocycles. The third kappa shape index (κ3) is 4.79. The second-order valence-corrected chi connectivity index (χ2v) is 10.3. The molecule has 158 valence electrons. The average molecular weight is 410 g/mol. The molecule has 2 fully saturated rings. The Bertz CT molecular complexity index is 769. The first-order valence-corrected chi connectivity index (χ1v) is 12.4. The lowest BCUT2D eigenvalue weighted by Gasteiger charge is -2.21. The van der Waals surface area contributed by atoms with Gasteiger partial charge in [0.25, 0.3) is 5.91 Å². The van der Waals surface area contributed by atoms with E-state index < -0.39 is 10.0 Å². The fourth-order valence-corrected chi connectivity index (χ4v) is 6.54. The summed E-state index contributed by atoms with van der Waals surface area (Å²) in [5.41, 5.74) is 1.50. The molecule has 1 aliphatic heterocycles. The summed E-state index contributed by atoms with van der Waals surface area (Å²) < 4.78 is 28.1. The molecule has 0 unspecified atom stereocenters. The molecule has 0 radical (unpaired) electrons. The van der Waals surface area contributed by atoms with Crippen LogP contribution in [0.1, 0.15) is 92.4 Å². The predicted octanol–water partition coefficient (Wildman–Crippen LogP) is 4.04. The lowest BCUT2D eigenvalue weighted by atomic mass is 9.96. The van der Waals surface area contributed by atoms with E-state index in [1.165, 1.54) is 19.3 Å². The van der Waals surface area contributed by atoms with Crippen molar-refractivity contribution in [3.63, 3.8) is 0 Å². The van der Waals surface area contributed by atoms with Gasteiger partial charge in [0.1, 0.15) is 10.6 Å². The zero-order chi connectivity index (χ0) is 20.1. The molecule has 0 spiro atoms. The van der Waals surface area contributed by atoms with Crippen LogP contribution in [0.5, 0.6) is 0 Å². The monoisotopic (exact) mass is 409 g/mol. The van der Waals surface area contributed by atoms with Gasteiger partial charge in [0, 0.05) is 24.8 Å². The lowest BCUT2D eigenvalue weighted by Crippen LogP contribution is -2.36. The molecule has 28 heavy (non-hydrogen) atoms. The predicted molar refractivity (Wildman–Crippen MR) is 111 cm³/mol. The number of nitrogens with zero attached hydrogens (tertiary/aromatic N) is 1. The van der Waals surface area contributed by atoms with Crippen molar-refractivity contribution in [2.75, 3.05) is 13.1 Å². The maximum atomic E-state index is 13.3. The summed E-state index contributed by atoms with van der Waals surface area (Å²) in [6, 6.07) is 0.182. The summed E-state index contributed by atoms with van der Waals surface area (Å²) in [6.07, 6.45) is 12.0. The molecule has 1 aromatic rings. The molecule has 0 atom stereocenters. The third-order valence-corrected chi connectivity index (χ3v) is 8.37. The Morgan fingerprint density at radius 1 is 0.929 bits per heavy atom. The highest BCUT2D eigenvalue weighted by molar-refractivity contribution is 7.89. The van der Waals surface area contributed by atoms with Gasteiger partial charge in [-0.1, -0.05) is 44.9 Å². The molecule has 1 aliphatic carbocycles. The van der Waals surface area contributed by atoms with Crippen molar-refractivity contribution >= 4 is 15.9 Å². The zero-order valence-electron chi connectivity index (χ0n) is 17.3. The van der Waals surface area contributed by atoms with Gasteiger partial charge in [-0.15, -0.1) is 0 Å². The van der Waals surface area contributed by atoms with Gasteiger partial charge in [0.15, 0.2) is 0 Å². The number of hydrogen-bond acceptors (Lipinski definition) is 3. The van der Waals surface area contributed by atoms with Crippen molar-refractivity contribution < 1.29 is 13.2 Å². The number of H-pyrrole nitrogens is 1. The lowest BCUT2D eigenvalue weighted by molar-refractivity contribution is 0.0925. The fourth-order valence-electron chi connectivity index (χ4n) is 4.62. The number of amides is 1. The summed E-state index contributed by atoms with van der Waals surface area (Å²) in [7, 11) is -3.58. The first kappa shape index (κ1) is 21.4. The Morgan fingerprint density at radius 3 is 2.07 bits per heavy atom. The number of rotatable bonds is 4. The van der Waals surface area contributed by atoms with Gasteiger partial charge in [0.2, 0.25) is 10.0 Å². The van der Waals surface area contributed by atoms with Crippen molar-refractivity contribution in [2.24, 2.45) is 0 Å². The minimum Gasteiger partial charge on any atom is -0.353 e. The summed E-state index contributed by atoms with van der Waals surface area (Å²) in [5.74, 6) is -0.177. The smallest absolute Gasteiger partial charge is 0.268 e. The molecule has 1 saturated carbocycles. The van der Waals surface area contributed by atoms with Crippen LogP contribution in [0.25, 0.3) is 0 Å². The highest BCUT2D eigenvalue weighted by atomic mass is 32.2. The van der Waals surface area contributed by atoms with Crippen LogP contribution in [0.3, 0.4) is 0 Å². The van der Waals surface area contributed by atoms with E-state index >= 15 is 0 Å². The molecule has 7 heteroatoms. The van der Waals surface area contributed by atoms with E-state index in [2.05, 4.69) is 10.3 Å². The Kier molecular flexibility index (Phi) is 7.20. The standard InChI is InChI=1S/C21H35N3O3S/c1-16-19(21(25)23-18-12-8-4-3-5-9-13-18)22-17(2)20(16)28(26,27)24-14-10-6-7-11-15-24/h18,22H,3-15H2,1-2H3,(H,23,25). The van der Waals surface area contributed by atoms with Gasteiger partial charge in [-0.05, 0) is 45.1 Å². The molecule has 0 aromatic carbocycles. The SMILES string of the molecule is Cc1[nH]c(C(=O)NC2CCCCCCC2)c(C)c1S(=O)(=O)N1CCCCCC1. The summed E-state index contributed by atoms with van der Waals surface area (Å²) in [6.45, 7) is 4.64. The number of aryl methyl sites for hydroxylation is 1. The average Bonchev–Trinajstić information content (AvgIpc) is 2.80. The quantitative estimate of drug-likeness (QED) is 0.787. The summed E-state index contributed by atoms with van der Waals surface area (Å²) >= 11 is 0. The van der Waals surface area contributed by atoms with Crippen molar-refractivity contribution in [1.82, 2.24) is 14.6 Å². The number of carbonyl (C=O) groups is 1. The summed E-state index contributed by atoms with van der Waals surface area (Å²) in [5, 5.41) is 3.15. The van der Waals surface area contributed by atoms with Crippen LogP contribution in [-0.2, 0) is 10.0 Å². The molecule has 2 N–H and O–H groups in total. The van der Waals surface area contributed by atoms with Crippen LogP contribution < -0.4 is 5.32 Å². The third-order valence-electron chi connectivity index (χ3n) is 6.20. The van der Waals surface area contributed by atoms with E-state index in [0.717, 1.165) is 51.4 Å². The first-order chi connectivity index (χ1) is 13.4. The van der Waals surface area contributed by atoms with E-state index in [1.54, 1.807) is 18.2 Å². The van der Waals surface area contributed by atoms with E-state index in [1.807, 2.05) is 0 Å². The van der Waals surface area contributed by atoms with Crippen molar-refractivity contribution in [2.45, 2.75) is 95.4 Å². The van der Waals surface area contributed by atoms with E-state index in [0.29, 0.717) is 30.0 Å². The maximum absolute atomic E-state index is 13.3. The van der Waals surface area contributed by atoms with E-state index in [9.17, 15) is 13.2 Å². The zero-order valence-corrected chi connectivity index (χ0v) is 18.2. The molecule has 2 aliphatic rings. The van der Waals surface area contributed by atoms with Crippen molar-refractivity contribution in [1.29, 1.82) is 0 Å². The van der Waals surface area contributed by atoms with E-state index in [-0.39, 0.29) is 16.8 Å². The van der Waals surface area contributed by atoms with Crippen LogP contribution in [0.4, 0.5) is 0 Å². The molecular formula is C21H35N3O3S. The van der Waals surface area contributed by atoms with Crippen LogP contribution in [0.15, 0.2) is 4.90 Å². The second-order valence-electron chi connectivity index (χ2n) is 8.41. The van der Waals surface area contributed by atoms with E-state index in [4.69, 9.17) is 0 Å². The number of aromatic amines is 1. The van der Waals surface area contributed by atoms with Gasteiger partial charge >= 0.3 is 0 Å². The number of carbonyl (C=O) groups excluding carboxylic acids is 1. The molecule has 0 bridgehead atoms. The largest absolute Gasteiger partial charge is 0.353 e. The minimum absolute atomic E-state index is 0.177. The normalized spacial score (nSPS) is 20.9. The van der Waals surface area contributed by atoms with Crippen LogP contribution in [0, 0.1) is 13.8 Å². The second kappa shape index (κ2) is 9.44. The number of hydrogen-bond donors (Lipinski definition) is 2. The topological polar surface area (TPSA) is 82.3 Å². The highest BCUT2D eigenvalue weighted by Crippen LogP contribution is 2.28. The van der Waals surface area contributed by atoms with Gasteiger partial charge in [-0.25, -0.2) is 8.42 Å². The highest BCUT2D eigenvalue weighted by Gasteiger charge is 2.32. The Labute approximate surface area is 169 Å². The van der Waals surface area contributed by atoms with Gasteiger partial charge in [0.05, 0.1) is 0 Å². The molecule has 6 nitrogen and oxygen atoms in total. The van der Waals surface area contributed by atoms with Crippen molar-refractivity contribution in [3.05, 3.63) is 17.0 Å². The molecule has 1 aromatic heterocycles. The number of sulfonamides is 1. The fraction of sp³-hybridized carbons (Fsp3) is 0.762. The van der Waals surface area contributed by atoms with Crippen LogP contribution in [0.2, 0.25) is 0 Å². The minimum atomic E-state index is -3.58. The molecule has 1 saturated heterocycles. The number of aromatic nitrogens is 1. The first-order valence-electron chi connectivity index (χ1n) is 10.9. The van der Waals surface area contributed by atoms with Gasteiger partial charge in [-0.2, -0.15) is 4.31 Å². The van der Waals surface area contributed by atoms with Gasteiger partial charge in [-0.3, -0.25) is 4.79 Å². The Hall–Kier alpha value is -1.34.